The summed E-state index contributed by atoms with van der Waals surface area (Å²) in [7, 11) is 1.32. The summed E-state index contributed by atoms with van der Waals surface area (Å²) in [5, 5.41) is 8.70. The van der Waals surface area contributed by atoms with Gasteiger partial charge in [0.1, 0.15) is 29.7 Å². The van der Waals surface area contributed by atoms with Crippen molar-refractivity contribution in [2.45, 2.75) is 12.8 Å². The summed E-state index contributed by atoms with van der Waals surface area (Å²) < 4.78 is 6.33. The first-order valence-electron chi connectivity index (χ1n) is 9.04. The molecule has 0 aliphatic carbocycles. The molecule has 1 aliphatic rings. The minimum absolute atomic E-state index is 0.0841. The van der Waals surface area contributed by atoms with Crippen molar-refractivity contribution in [3.8, 4) is 5.82 Å². The van der Waals surface area contributed by atoms with Gasteiger partial charge in [0, 0.05) is 25.1 Å². The monoisotopic (exact) mass is 413 g/mol. The van der Waals surface area contributed by atoms with E-state index in [9.17, 15) is 9.59 Å². The van der Waals surface area contributed by atoms with Gasteiger partial charge in [0.15, 0.2) is 5.82 Å². The Morgan fingerprint density at radius 1 is 1.21 bits per heavy atom. The zero-order valence-corrected chi connectivity index (χ0v) is 16.5. The van der Waals surface area contributed by atoms with Gasteiger partial charge in [-0.25, -0.2) is 24.4 Å². The molecule has 0 saturated carbocycles. The van der Waals surface area contributed by atoms with Crippen LogP contribution in [0.5, 0.6) is 0 Å². The maximum atomic E-state index is 12.7. The fraction of sp³-hybridized carbons (Fsp3) is 0.333. The summed E-state index contributed by atoms with van der Waals surface area (Å²) in [6.07, 6.45) is 5.90. The van der Waals surface area contributed by atoms with Gasteiger partial charge in [-0.05, 0) is 24.3 Å². The number of nitrogens with one attached hydrogen (secondary N) is 1. The number of ether oxygens (including phenoxy) is 1. The maximum Gasteiger partial charge on any atom is 0.350 e. The molecule has 29 heavy (non-hydrogen) atoms. The van der Waals surface area contributed by atoms with Gasteiger partial charge < -0.3 is 15.0 Å². The van der Waals surface area contributed by atoms with E-state index in [4.69, 9.17) is 4.74 Å². The number of nitrogens with zero attached hydrogens (tertiary/aromatic N) is 6. The van der Waals surface area contributed by atoms with Gasteiger partial charge in [-0.2, -0.15) is 5.10 Å². The molecule has 11 heteroatoms. The highest BCUT2D eigenvalue weighted by Crippen LogP contribution is 2.27. The highest BCUT2D eigenvalue weighted by atomic mass is 32.1. The summed E-state index contributed by atoms with van der Waals surface area (Å²) >= 11 is 1.25. The number of hydrogen-bond donors (Lipinski definition) is 1. The van der Waals surface area contributed by atoms with Gasteiger partial charge in [0.25, 0.3) is 0 Å². The number of amides is 1. The zero-order valence-electron chi connectivity index (χ0n) is 15.7. The number of carbonyl (C=O) groups is 2. The molecule has 1 aliphatic heterocycles. The fourth-order valence-electron chi connectivity index (χ4n) is 3.23. The van der Waals surface area contributed by atoms with E-state index in [1.807, 2.05) is 6.07 Å². The first-order valence-corrected chi connectivity index (χ1v) is 9.92. The molecule has 1 saturated heterocycles. The number of carbonyl (C=O) groups excluding carboxylic acids is 2. The Bertz CT molecular complexity index is 997. The second-order valence-corrected chi connectivity index (χ2v) is 7.40. The van der Waals surface area contributed by atoms with E-state index in [2.05, 4.69) is 30.3 Å². The number of methoxy groups -OCH3 is 1. The Kier molecular flexibility index (Phi) is 5.47. The van der Waals surface area contributed by atoms with E-state index in [1.54, 1.807) is 22.5 Å². The second kappa shape index (κ2) is 8.35. The molecule has 4 heterocycles. The summed E-state index contributed by atoms with van der Waals surface area (Å²) in [5.41, 5.74) is 0.502. The average Bonchev–Trinajstić information content (AvgIpc) is 3.46. The number of hydrogen-bond acceptors (Lipinski definition) is 9. The number of rotatable bonds is 5. The van der Waals surface area contributed by atoms with Crippen molar-refractivity contribution >= 4 is 34.7 Å². The Labute approximate surface area is 170 Å². The van der Waals surface area contributed by atoms with Crippen LogP contribution in [0.2, 0.25) is 0 Å². The van der Waals surface area contributed by atoms with Crippen LogP contribution in [-0.2, 0) is 9.53 Å². The number of esters is 1. The summed E-state index contributed by atoms with van der Waals surface area (Å²) in [6, 6.07) is 3.57. The number of aromatic nitrogens is 5. The first-order chi connectivity index (χ1) is 14.2. The van der Waals surface area contributed by atoms with E-state index in [-0.39, 0.29) is 11.8 Å². The molecular weight excluding hydrogens is 394 g/mol. The molecule has 3 aromatic heterocycles. The van der Waals surface area contributed by atoms with Gasteiger partial charge in [-0.15, -0.1) is 11.3 Å². The van der Waals surface area contributed by atoms with E-state index >= 15 is 0 Å². The molecule has 0 spiro atoms. The van der Waals surface area contributed by atoms with Crippen LogP contribution in [0.15, 0.2) is 36.5 Å². The molecule has 0 aromatic carbocycles. The lowest BCUT2D eigenvalue weighted by Crippen LogP contribution is -2.38. The van der Waals surface area contributed by atoms with Crippen molar-refractivity contribution in [1.82, 2.24) is 24.7 Å². The van der Waals surface area contributed by atoms with E-state index in [0.717, 1.165) is 5.82 Å². The fourth-order valence-corrected chi connectivity index (χ4v) is 3.99. The molecule has 1 amide bonds. The van der Waals surface area contributed by atoms with Crippen LogP contribution < -0.4 is 10.2 Å². The van der Waals surface area contributed by atoms with E-state index in [1.165, 1.54) is 31.1 Å². The highest BCUT2D eigenvalue weighted by Gasteiger charge is 2.27. The van der Waals surface area contributed by atoms with Crippen molar-refractivity contribution in [3.05, 3.63) is 41.4 Å². The van der Waals surface area contributed by atoms with Gasteiger partial charge in [0.2, 0.25) is 5.91 Å². The topological polar surface area (TPSA) is 115 Å². The van der Waals surface area contributed by atoms with Crippen LogP contribution >= 0.6 is 11.3 Å². The summed E-state index contributed by atoms with van der Waals surface area (Å²) in [6.45, 7) is 1.39. The van der Waals surface area contributed by atoms with E-state index < -0.39 is 5.97 Å². The maximum absolute atomic E-state index is 12.7. The second-order valence-electron chi connectivity index (χ2n) is 6.48. The van der Waals surface area contributed by atoms with Crippen molar-refractivity contribution < 1.29 is 14.3 Å². The molecule has 0 atom stereocenters. The SMILES string of the molecule is COC(=O)c1sccc1NC(=O)C1CCN(c2cc(-n3cncn3)ncn2)CC1. The number of anilines is 2. The zero-order chi connectivity index (χ0) is 20.2. The minimum Gasteiger partial charge on any atom is -0.465 e. The van der Waals surface area contributed by atoms with Crippen molar-refractivity contribution in [3.63, 3.8) is 0 Å². The quantitative estimate of drug-likeness (QED) is 0.629. The molecule has 10 nitrogen and oxygen atoms in total. The van der Waals surface area contributed by atoms with Crippen LogP contribution in [0.25, 0.3) is 5.82 Å². The van der Waals surface area contributed by atoms with Crippen LogP contribution in [0.1, 0.15) is 22.5 Å². The van der Waals surface area contributed by atoms with Crippen LogP contribution in [0.3, 0.4) is 0 Å². The lowest BCUT2D eigenvalue weighted by atomic mass is 9.96. The highest BCUT2D eigenvalue weighted by molar-refractivity contribution is 7.12. The lowest BCUT2D eigenvalue weighted by molar-refractivity contribution is -0.120. The van der Waals surface area contributed by atoms with Gasteiger partial charge in [0.05, 0.1) is 12.8 Å². The summed E-state index contributed by atoms with van der Waals surface area (Å²) in [4.78, 5) is 39.4. The molecule has 1 N–H and O–H groups in total. The van der Waals surface area contributed by atoms with E-state index in [0.29, 0.717) is 42.3 Å². The van der Waals surface area contributed by atoms with Crippen molar-refractivity contribution in [2.24, 2.45) is 5.92 Å². The minimum atomic E-state index is -0.447. The molecule has 1 fully saturated rings. The molecule has 0 unspecified atom stereocenters. The van der Waals surface area contributed by atoms with Gasteiger partial charge in [-0.3, -0.25) is 4.79 Å². The third-order valence-corrected chi connectivity index (χ3v) is 5.67. The average molecular weight is 413 g/mol. The van der Waals surface area contributed by atoms with Crippen LogP contribution in [0, 0.1) is 5.92 Å². The third kappa shape index (κ3) is 4.09. The molecular formula is C18H19N7O3S. The predicted octanol–water partition coefficient (Wildman–Crippen LogP) is 1.76. The van der Waals surface area contributed by atoms with Crippen LogP contribution in [-0.4, -0.2) is 56.8 Å². The Morgan fingerprint density at radius 3 is 2.72 bits per heavy atom. The van der Waals surface area contributed by atoms with Crippen molar-refractivity contribution in [1.29, 1.82) is 0 Å². The molecule has 0 radical (unpaired) electrons. The molecule has 4 rings (SSSR count). The molecule has 150 valence electrons. The van der Waals surface area contributed by atoms with Crippen LogP contribution in [0.4, 0.5) is 11.5 Å². The third-order valence-electron chi connectivity index (χ3n) is 4.78. The lowest BCUT2D eigenvalue weighted by Gasteiger charge is -2.32. The number of piperidine rings is 1. The Balaban J connectivity index is 1.37. The van der Waals surface area contributed by atoms with Gasteiger partial charge in [-0.1, -0.05) is 0 Å². The molecule has 0 bridgehead atoms. The molecule has 3 aromatic rings. The standard InChI is InChI=1S/C18H19N7O3S/c1-28-18(27)16-13(4-7-29-16)23-17(26)12-2-5-24(6-3-12)14-8-15(21-10-20-14)25-11-19-9-22-25/h4,7-12H,2-3,5-6H2,1H3,(H,23,26). The summed E-state index contributed by atoms with van der Waals surface area (Å²) in [5.74, 6) is 0.764. The largest absolute Gasteiger partial charge is 0.465 e. The van der Waals surface area contributed by atoms with Gasteiger partial charge >= 0.3 is 5.97 Å². The predicted molar refractivity (Wildman–Crippen MR) is 106 cm³/mol. The Hall–Kier alpha value is -3.34. The smallest absolute Gasteiger partial charge is 0.350 e. The normalized spacial score (nSPS) is 14.6. The Morgan fingerprint density at radius 2 is 2.00 bits per heavy atom. The first kappa shape index (κ1) is 19.0. The number of thiophene rings is 1. The van der Waals surface area contributed by atoms with Crippen molar-refractivity contribution in [2.75, 3.05) is 30.4 Å².